The molecule has 1 heterocycles. The number of nitrogens with zero attached hydrogens (tertiary/aromatic N) is 2. The number of guanidine groups is 1. The van der Waals surface area contributed by atoms with E-state index in [1.54, 1.807) is 17.0 Å². The monoisotopic (exact) mass is 538 g/mol. The zero-order valence-corrected chi connectivity index (χ0v) is 19.9. The molecule has 2 fully saturated rings. The largest absolute Gasteiger partial charge is 0.450 e. The molecule has 0 bridgehead atoms. The van der Waals surface area contributed by atoms with E-state index in [9.17, 15) is 9.18 Å². The van der Waals surface area contributed by atoms with Gasteiger partial charge in [-0.1, -0.05) is 17.7 Å². The van der Waals surface area contributed by atoms with E-state index in [0.717, 1.165) is 25.2 Å². The Bertz CT molecular complexity index is 708. The van der Waals surface area contributed by atoms with Crippen molar-refractivity contribution in [2.45, 2.75) is 51.1 Å². The van der Waals surface area contributed by atoms with Gasteiger partial charge in [-0.15, -0.1) is 24.0 Å². The van der Waals surface area contributed by atoms with Gasteiger partial charge in [-0.05, 0) is 45.2 Å². The Balaban J connectivity index is 0.00000300. The normalized spacial score (nSPS) is 21.9. The van der Waals surface area contributed by atoms with Gasteiger partial charge in [0, 0.05) is 48.2 Å². The number of benzene rings is 1. The molecule has 1 saturated heterocycles. The third kappa shape index (κ3) is 6.34. The number of halogens is 3. The summed E-state index contributed by atoms with van der Waals surface area (Å²) in [5, 5.41) is 7.33. The lowest BCUT2D eigenvalue weighted by Gasteiger charge is -2.32. The Labute approximate surface area is 193 Å². The molecule has 1 aliphatic carbocycles. The molecule has 2 aliphatic rings. The predicted octanol–water partition coefficient (Wildman–Crippen LogP) is 4.13. The summed E-state index contributed by atoms with van der Waals surface area (Å²) in [6, 6.07) is 5.16. The molecule has 1 amide bonds. The topological polar surface area (TPSA) is 66.0 Å². The van der Waals surface area contributed by atoms with Crippen molar-refractivity contribution in [1.82, 2.24) is 15.5 Å². The van der Waals surface area contributed by atoms with E-state index in [-0.39, 0.29) is 53.9 Å². The van der Waals surface area contributed by atoms with Gasteiger partial charge >= 0.3 is 6.09 Å². The van der Waals surface area contributed by atoms with Crippen LogP contribution in [0, 0.1) is 5.82 Å². The number of piperidine rings is 1. The number of nitrogens with one attached hydrogen (secondary N) is 2. The molecule has 0 aromatic heterocycles. The maximum atomic E-state index is 14.1. The van der Waals surface area contributed by atoms with Crippen LogP contribution in [-0.4, -0.2) is 55.3 Å². The van der Waals surface area contributed by atoms with Crippen LogP contribution in [0.1, 0.15) is 44.6 Å². The van der Waals surface area contributed by atoms with Gasteiger partial charge in [0.05, 0.1) is 6.61 Å². The lowest BCUT2D eigenvalue weighted by atomic mass is 10.1. The maximum Gasteiger partial charge on any atom is 0.409 e. The Hall–Kier alpha value is -1.29. The molecular weight excluding hydrogens is 510 g/mol. The number of hydrogen-bond acceptors (Lipinski definition) is 3. The fourth-order valence-electron chi connectivity index (χ4n) is 3.62. The summed E-state index contributed by atoms with van der Waals surface area (Å²) in [5.41, 5.74) is 0.584. The minimum Gasteiger partial charge on any atom is -0.450 e. The van der Waals surface area contributed by atoms with E-state index in [1.165, 1.54) is 6.07 Å². The van der Waals surface area contributed by atoms with Crippen molar-refractivity contribution in [3.8, 4) is 0 Å². The smallest absolute Gasteiger partial charge is 0.409 e. The van der Waals surface area contributed by atoms with Crippen molar-refractivity contribution >= 4 is 47.6 Å². The molecular formula is C20H29ClFIN4O2. The van der Waals surface area contributed by atoms with Gasteiger partial charge in [0.15, 0.2) is 5.96 Å². The summed E-state index contributed by atoms with van der Waals surface area (Å²) >= 11 is 6.19. The van der Waals surface area contributed by atoms with Crippen LogP contribution in [0.15, 0.2) is 23.2 Å². The molecule has 0 radical (unpaired) electrons. The van der Waals surface area contributed by atoms with Crippen LogP contribution in [0.25, 0.3) is 0 Å². The highest BCUT2D eigenvalue weighted by Gasteiger charge is 2.42. The second-order valence-corrected chi connectivity index (χ2v) is 7.56. The third-order valence-corrected chi connectivity index (χ3v) is 5.49. The van der Waals surface area contributed by atoms with Gasteiger partial charge in [0.1, 0.15) is 5.82 Å². The SMILES string of the molecule is CCN=C(NC1CCN(C(=O)OCC)CC1)NC1CC1c1c(F)cccc1Cl.I. The highest BCUT2D eigenvalue weighted by Crippen LogP contribution is 2.44. The summed E-state index contributed by atoms with van der Waals surface area (Å²) < 4.78 is 19.2. The summed E-state index contributed by atoms with van der Waals surface area (Å²) in [4.78, 5) is 18.1. The number of hydrogen-bond donors (Lipinski definition) is 2. The highest BCUT2D eigenvalue weighted by molar-refractivity contribution is 14.0. The van der Waals surface area contributed by atoms with E-state index in [2.05, 4.69) is 15.6 Å². The van der Waals surface area contributed by atoms with E-state index >= 15 is 0 Å². The number of carbonyl (C=O) groups is 1. The number of ether oxygens (including phenoxy) is 1. The number of rotatable bonds is 5. The molecule has 1 saturated carbocycles. The summed E-state index contributed by atoms with van der Waals surface area (Å²) in [6.07, 6.45) is 2.24. The van der Waals surface area contributed by atoms with Crippen LogP contribution < -0.4 is 10.6 Å². The van der Waals surface area contributed by atoms with Gasteiger partial charge in [0.25, 0.3) is 0 Å². The first kappa shape index (κ1) is 24.0. The quantitative estimate of drug-likeness (QED) is 0.336. The zero-order chi connectivity index (χ0) is 20.1. The van der Waals surface area contributed by atoms with E-state index in [0.29, 0.717) is 36.8 Å². The Morgan fingerprint density at radius 3 is 2.66 bits per heavy atom. The molecule has 2 atom stereocenters. The highest BCUT2D eigenvalue weighted by atomic mass is 127. The molecule has 1 aromatic rings. The van der Waals surface area contributed by atoms with Crippen LogP contribution in [-0.2, 0) is 4.74 Å². The molecule has 9 heteroatoms. The number of likely N-dealkylation sites (tertiary alicyclic amines) is 1. The maximum absolute atomic E-state index is 14.1. The van der Waals surface area contributed by atoms with Gasteiger partial charge < -0.3 is 20.3 Å². The third-order valence-electron chi connectivity index (χ3n) is 5.16. The first-order chi connectivity index (χ1) is 13.5. The second kappa shape index (κ2) is 11.2. The fourth-order valence-corrected chi connectivity index (χ4v) is 3.92. The average Bonchev–Trinajstić information content (AvgIpc) is 3.41. The van der Waals surface area contributed by atoms with Gasteiger partial charge in [-0.3, -0.25) is 4.99 Å². The molecule has 1 aromatic carbocycles. The van der Waals surface area contributed by atoms with Crippen LogP contribution in [0.4, 0.5) is 9.18 Å². The average molecular weight is 539 g/mol. The van der Waals surface area contributed by atoms with Crippen molar-refractivity contribution in [3.63, 3.8) is 0 Å². The Kier molecular flexibility index (Phi) is 9.26. The number of amides is 1. The lowest BCUT2D eigenvalue weighted by Crippen LogP contribution is -2.50. The Morgan fingerprint density at radius 2 is 2.03 bits per heavy atom. The Morgan fingerprint density at radius 1 is 1.31 bits per heavy atom. The van der Waals surface area contributed by atoms with Gasteiger partial charge in [-0.2, -0.15) is 0 Å². The molecule has 2 N–H and O–H groups in total. The van der Waals surface area contributed by atoms with Crippen LogP contribution in [0.2, 0.25) is 5.02 Å². The molecule has 29 heavy (non-hydrogen) atoms. The fraction of sp³-hybridized carbons (Fsp3) is 0.600. The predicted molar refractivity (Wildman–Crippen MR) is 124 cm³/mol. The number of aliphatic imine (C=N–C) groups is 1. The molecule has 0 spiro atoms. The van der Waals surface area contributed by atoms with Crippen molar-refractivity contribution in [2.75, 3.05) is 26.2 Å². The molecule has 162 valence electrons. The summed E-state index contributed by atoms with van der Waals surface area (Å²) in [5.74, 6) is 0.537. The van der Waals surface area contributed by atoms with E-state index in [1.807, 2.05) is 13.8 Å². The number of carbonyl (C=O) groups excluding carboxylic acids is 1. The van der Waals surface area contributed by atoms with E-state index in [4.69, 9.17) is 16.3 Å². The summed E-state index contributed by atoms with van der Waals surface area (Å²) in [7, 11) is 0. The minimum atomic E-state index is -0.255. The molecule has 3 rings (SSSR count). The standard InChI is InChI=1S/C20H28ClFN4O2.HI/c1-3-23-19(24-13-8-10-26(11-9-13)20(27)28-4-2)25-17-12-14(17)18-15(21)6-5-7-16(18)22;/h5-7,13-14,17H,3-4,8-12H2,1-2H3,(H2,23,24,25);1H. The van der Waals surface area contributed by atoms with Crippen LogP contribution in [0.5, 0.6) is 0 Å². The van der Waals surface area contributed by atoms with Crippen LogP contribution in [0.3, 0.4) is 0 Å². The van der Waals surface area contributed by atoms with E-state index < -0.39 is 0 Å². The van der Waals surface area contributed by atoms with Gasteiger partial charge in [-0.25, -0.2) is 9.18 Å². The molecule has 6 nitrogen and oxygen atoms in total. The first-order valence-corrected chi connectivity index (χ1v) is 10.3. The van der Waals surface area contributed by atoms with Crippen LogP contribution >= 0.6 is 35.6 Å². The summed E-state index contributed by atoms with van der Waals surface area (Å²) in [6.45, 7) is 6.15. The van der Waals surface area contributed by atoms with Crippen molar-refractivity contribution < 1.29 is 13.9 Å². The molecule has 2 unspecified atom stereocenters. The van der Waals surface area contributed by atoms with Gasteiger partial charge in [0.2, 0.25) is 0 Å². The molecule has 1 aliphatic heterocycles. The van der Waals surface area contributed by atoms with Crippen molar-refractivity contribution in [1.29, 1.82) is 0 Å². The lowest BCUT2D eigenvalue weighted by molar-refractivity contribution is 0.0963. The first-order valence-electron chi connectivity index (χ1n) is 9.96. The van der Waals surface area contributed by atoms with Crippen molar-refractivity contribution in [3.05, 3.63) is 34.6 Å². The minimum absolute atomic E-state index is 0. The second-order valence-electron chi connectivity index (χ2n) is 7.16. The van der Waals surface area contributed by atoms with Crippen molar-refractivity contribution in [2.24, 2.45) is 4.99 Å². The zero-order valence-electron chi connectivity index (χ0n) is 16.8.